The van der Waals surface area contributed by atoms with Gasteiger partial charge in [0.15, 0.2) is 11.6 Å². The van der Waals surface area contributed by atoms with Crippen LogP contribution >= 0.6 is 15.9 Å². The fourth-order valence-electron chi connectivity index (χ4n) is 3.82. The number of anilines is 1. The third-order valence-electron chi connectivity index (χ3n) is 5.32. The van der Waals surface area contributed by atoms with Crippen LogP contribution in [0.15, 0.2) is 43.3 Å². The van der Waals surface area contributed by atoms with Crippen LogP contribution in [0.25, 0.3) is 0 Å². The summed E-state index contributed by atoms with van der Waals surface area (Å²) in [6, 6.07) is 4.58. The average molecular weight is 421 g/mol. The Kier molecular flexibility index (Phi) is 3.77. The van der Waals surface area contributed by atoms with Crippen LogP contribution in [-0.2, 0) is 11.8 Å². The lowest BCUT2D eigenvalue weighted by molar-refractivity contribution is -0.124. The minimum Gasteiger partial charge on any atom is -0.342 e. The molecule has 0 bridgehead atoms. The van der Waals surface area contributed by atoms with Gasteiger partial charge >= 0.3 is 5.63 Å². The fourth-order valence-corrected chi connectivity index (χ4v) is 4.22. The van der Waals surface area contributed by atoms with E-state index in [0.29, 0.717) is 33.4 Å². The molecule has 0 amide bonds. The molecule has 136 valence electrons. The Bertz CT molecular complexity index is 1030. The Morgan fingerprint density at radius 1 is 1.35 bits per heavy atom. The number of benzene rings is 1. The van der Waals surface area contributed by atoms with Crippen molar-refractivity contribution in [1.82, 2.24) is 4.74 Å². The van der Waals surface area contributed by atoms with Gasteiger partial charge in [0.25, 0.3) is 0 Å². The molecule has 0 saturated heterocycles. The van der Waals surface area contributed by atoms with Gasteiger partial charge in [-0.25, -0.2) is 9.18 Å². The smallest absolute Gasteiger partial charge is 0.342 e. The Morgan fingerprint density at radius 2 is 2.08 bits per heavy atom. The lowest BCUT2D eigenvalue weighted by Crippen LogP contribution is -2.37. The van der Waals surface area contributed by atoms with E-state index in [0.717, 1.165) is 12.1 Å². The number of Topliss-reactive ketones (excluding diaryl/α,β-unsaturated/α-hetero) is 1. The molecule has 1 N–H and O–H groups in total. The van der Waals surface area contributed by atoms with Crippen LogP contribution in [0.5, 0.6) is 0 Å². The van der Waals surface area contributed by atoms with Gasteiger partial charge in [-0.05, 0) is 46.5 Å². The third kappa shape index (κ3) is 2.40. The number of hydrogen-bond acceptors (Lipinski definition) is 4. The number of allylic oxidation sites excluding steroid dienone is 2. The van der Waals surface area contributed by atoms with E-state index in [-0.39, 0.29) is 5.78 Å². The van der Waals surface area contributed by atoms with Crippen molar-refractivity contribution >= 4 is 27.5 Å². The molecule has 2 aromatic rings. The standard InChI is InChI=1S/C19H18BrFN2O3/c1-19(2)7-6-12-14(16(19)24)13(9-4-5-11(21)10(20)8-9)15-17(22-12)23(3)26-18(15)25/h4-5,8,13,22H,6-7H2,1-3H3. The highest BCUT2D eigenvalue weighted by molar-refractivity contribution is 9.10. The van der Waals surface area contributed by atoms with Gasteiger partial charge in [0, 0.05) is 23.7 Å². The normalized spacial score (nSPS) is 21.3. The highest BCUT2D eigenvalue weighted by Gasteiger charge is 2.45. The summed E-state index contributed by atoms with van der Waals surface area (Å²) in [6.45, 7) is 3.83. The zero-order valence-corrected chi connectivity index (χ0v) is 16.2. The molecule has 7 heteroatoms. The van der Waals surface area contributed by atoms with Gasteiger partial charge < -0.3 is 9.84 Å². The van der Waals surface area contributed by atoms with Crippen LogP contribution in [0.2, 0.25) is 0 Å². The SMILES string of the molecule is Cn1oc(=O)c2c1NC1=C(C(=O)C(C)(C)CC1)C2c1ccc(F)c(Br)c1. The summed E-state index contributed by atoms with van der Waals surface area (Å²) in [5.74, 6) is -0.424. The summed E-state index contributed by atoms with van der Waals surface area (Å²) < 4.78 is 20.7. The maximum atomic E-state index is 13.8. The molecule has 1 aromatic heterocycles. The summed E-state index contributed by atoms with van der Waals surface area (Å²) in [7, 11) is 1.64. The quantitative estimate of drug-likeness (QED) is 0.754. The zero-order chi connectivity index (χ0) is 18.8. The number of halogens is 2. The second-order valence-electron chi connectivity index (χ2n) is 7.48. The molecule has 1 aromatic carbocycles. The highest BCUT2D eigenvalue weighted by Crippen LogP contribution is 2.48. The number of aromatic nitrogens is 1. The first-order chi connectivity index (χ1) is 12.2. The van der Waals surface area contributed by atoms with Crippen LogP contribution in [0.1, 0.15) is 43.7 Å². The van der Waals surface area contributed by atoms with Gasteiger partial charge in [-0.2, -0.15) is 4.74 Å². The first-order valence-corrected chi connectivity index (χ1v) is 9.20. The summed E-state index contributed by atoms with van der Waals surface area (Å²) in [4.78, 5) is 25.7. The Hall–Kier alpha value is -2.15. The van der Waals surface area contributed by atoms with E-state index in [4.69, 9.17) is 4.52 Å². The highest BCUT2D eigenvalue weighted by atomic mass is 79.9. The number of fused-ring (bicyclic) bond motifs is 1. The minimum atomic E-state index is -0.581. The maximum Gasteiger partial charge on any atom is 0.363 e. The number of nitrogens with zero attached hydrogens (tertiary/aromatic N) is 1. The van der Waals surface area contributed by atoms with Crippen LogP contribution in [-0.4, -0.2) is 10.5 Å². The molecule has 26 heavy (non-hydrogen) atoms. The molecule has 1 atom stereocenters. The second-order valence-corrected chi connectivity index (χ2v) is 8.33. The predicted molar refractivity (Wildman–Crippen MR) is 98.6 cm³/mol. The monoisotopic (exact) mass is 420 g/mol. The van der Waals surface area contributed by atoms with Crippen molar-refractivity contribution in [2.24, 2.45) is 12.5 Å². The Morgan fingerprint density at radius 3 is 2.77 bits per heavy atom. The van der Waals surface area contributed by atoms with E-state index in [2.05, 4.69) is 21.2 Å². The van der Waals surface area contributed by atoms with E-state index in [1.807, 2.05) is 13.8 Å². The topological polar surface area (TPSA) is 64.2 Å². The van der Waals surface area contributed by atoms with Crippen LogP contribution in [0, 0.1) is 11.2 Å². The maximum absolute atomic E-state index is 13.8. The van der Waals surface area contributed by atoms with Crippen molar-refractivity contribution in [3.8, 4) is 0 Å². The van der Waals surface area contributed by atoms with Crippen molar-refractivity contribution in [1.29, 1.82) is 0 Å². The molecule has 1 aliphatic carbocycles. The van der Waals surface area contributed by atoms with Gasteiger partial charge in [-0.3, -0.25) is 4.79 Å². The molecule has 0 saturated carbocycles. The fraction of sp³-hybridized carbons (Fsp3) is 0.368. The van der Waals surface area contributed by atoms with Gasteiger partial charge in [0.1, 0.15) is 5.82 Å². The lowest BCUT2D eigenvalue weighted by atomic mass is 9.68. The lowest BCUT2D eigenvalue weighted by Gasteiger charge is -2.37. The number of carbonyl (C=O) groups excluding carboxylic acids is 1. The molecular weight excluding hydrogens is 403 g/mol. The van der Waals surface area contributed by atoms with Gasteiger partial charge in [0.2, 0.25) is 0 Å². The number of ketones is 1. The van der Waals surface area contributed by atoms with E-state index in [1.165, 1.54) is 10.8 Å². The van der Waals surface area contributed by atoms with Crippen LogP contribution < -0.4 is 10.9 Å². The number of carbonyl (C=O) groups is 1. The molecule has 0 radical (unpaired) electrons. The number of aryl methyl sites for hydroxylation is 1. The summed E-state index contributed by atoms with van der Waals surface area (Å²) >= 11 is 3.20. The average Bonchev–Trinajstić information content (AvgIpc) is 2.86. The van der Waals surface area contributed by atoms with Gasteiger partial charge in [0.05, 0.1) is 16.0 Å². The molecule has 0 spiro atoms. The molecule has 2 heterocycles. The molecule has 0 fully saturated rings. The van der Waals surface area contributed by atoms with Gasteiger partial charge in [-0.1, -0.05) is 19.9 Å². The molecule has 4 rings (SSSR count). The Labute approximate surface area is 158 Å². The molecule has 5 nitrogen and oxygen atoms in total. The van der Waals surface area contributed by atoms with Gasteiger partial charge in [-0.15, -0.1) is 0 Å². The van der Waals surface area contributed by atoms with Crippen LogP contribution in [0.4, 0.5) is 10.2 Å². The molecule has 1 unspecified atom stereocenters. The van der Waals surface area contributed by atoms with E-state index in [1.54, 1.807) is 19.2 Å². The largest absolute Gasteiger partial charge is 0.363 e. The summed E-state index contributed by atoms with van der Waals surface area (Å²) in [5.41, 5.74) is 1.44. The molecule has 1 aliphatic heterocycles. The van der Waals surface area contributed by atoms with E-state index >= 15 is 0 Å². The predicted octanol–water partition coefficient (Wildman–Crippen LogP) is 4.08. The van der Waals surface area contributed by atoms with Crippen molar-refractivity contribution < 1.29 is 13.7 Å². The van der Waals surface area contributed by atoms with Crippen molar-refractivity contribution in [3.63, 3.8) is 0 Å². The zero-order valence-electron chi connectivity index (χ0n) is 14.7. The third-order valence-corrected chi connectivity index (χ3v) is 5.93. The summed E-state index contributed by atoms with van der Waals surface area (Å²) in [6.07, 6.45) is 1.42. The van der Waals surface area contributed by atoms with Crippen molar-refractivity contribution in [2.45, 2.75) is 32.6 Å². The number of nitrogens with one attached hydrogen (secondary N) is 1. The molecule has 2 aliphatic rings. The van der Waals surface area contributed by atoms with E-state index in [9.17, 15) is 14.0 Å². The summed E-state index contributed by atoms with van der Waals surface area (Å²) in [5, 5.41) is 3.22. The first kappa shape index (κ1) is 17.3. The number of hydrogen-bond donors (Lipinski definition) is 1. The van der Waals surface area contributed by atoms with E-state index < -0.39 is 22.8 Å². The number of rotatable bonds is 1. The Balaban J connectivity index is 2.00. The van der Waals surface area contributed by atoms with Crippen molar-refractivity contribution in [3.05, 3.63) is 61.3 Å². The second kappa shape index (κ2) is 5.67. The minimum absolute atomic E-state index is 0.00519. The first-order valence-electron chi connectivity index (χ1n) is 8.40. The molecular formula is C19H18BrFN2O3. The van der Waals surface area contributed by atoms with Crippen LogP contribution in [0.3, 0.4) is 0 Å². The van der Waals surface area contributed by atoms with Crippen molar-refractivity contribution in [2.75, 3.05) is 5.32 Å².